The van der Waals surface area contributed by atoms with Crippen LogP contribution in [0.25, 0.3) is 0 Å². The van der Waals surface area contributed by atoms with E-state index in [0.717, 1.165) is 55.8 Å². The van der Waals surface area contributed by atoms with Crippen LogP contribution in [0, 0.1) is 12.8 Å². The SMILES string of the molecule is Cc1ccc2c(n1)C(C)(C)CN2C(=O)[C@H]1CC[C@H](N(C)Cc2ccccc2)CC1. The maximum atomic E-state index is 13.4. The van der Waals surface area contributed by atoms with Crippen LogP contribution in [0.5, 0.6) is 0 Å². The Balaban J connectivity index is 1.39. The summed E-state index contributed by atoms with van der Waals surface area (Å²) in [6, 6.07) is 15.3. The van der Waals surface area contributed by atoms with Gasteiger partial charge in [0.2, 0.25) is 5.91 Å². The fourth-order valence-electron chi connectivity index (χ4n) is 5.00. The predicted octanol–water partition coefficient (Wildman–Crippen LogP) is 4.71. The summed E-state index contributed by atoms with van der Waals surface area (Å²) in [7, 11) is 2.22. The van der Waals surface area contributed by atoms with Gasteiger partial charge in [0.15, 0.2) is 0 Å². The van der Waals surface area contributed by atoms with Gasteiger partial charge in [-0.05, 0) is 57.4 Å². The van der Waals surface area contributed by atoms with Gasteiger partial charge in [0.25, 0.3) is 0 Å². The van der Waals surface area contributed by atoms with E-state index in [-0.39, 0.29) is 11.3 Å². The van der Waals surface area contributed by atoms with E-state index in [2.05, 4.69) is 62.2 Å². The third-order valence-electron chi connectivity index (χ3n) is 6.71. The van der Waals surface area contributed by atoms with Crippen molar-refractivity contribution in [3.8, 4) is 0 Å². The molecule has 2 heterocycles. The first-order chi connectivity index (χ1) is 13.8. The van der Waals surface area contributed by atoms with Crippen molar-refractivity contribution in [1.29, 1.82) is 0 Å². The van der Waals surface area contributed by atoms with E-state index in [1.165, 1.54) is 5.56 Å². The molecule has 1 aliphatic carbocycles. The zero-order chi connectivity index (χ0) is 20.6. The van der Waals surface area contributed by atoms with Gasteiger partial charge in [0.1, 0.15) is 0 Å². The van der Waals surface area contributed by atoms with Crippen LogP contribution in [0.15, 0.2) is 42.5 Å². The maximum Gasteiger partial charge on any atom is 0.230 e. The molecule has 0 radical (unpaired) electrons. The molecule has 1 amide bonds. The van der Waals surface area contributed by atoms with Crippen molar-refractivity contribution in [2.45, 2.75) is 64.5 Å². The van der Waals surface area contributed by atoms with Crippen LogP contribution in [-0.2, 0) is 16.8 Å². The summed E-state index contributed by atoms with van der Waals surface area (Å²) in [5.41, 5.74) is 4.39. The molecule has 4 heteroatoms. The number of aryl methyl sites for hydroxylation is 1. The van der Waals surface area contributed by atoms with Crippen molar-refractivity contribution in [2.75, 3.05) is 18.5 Å². The molecule has 29 heavy (non-hydrogen) atoms. The summed E-state index contributed by atoms with van der Waals surface area (Å²) in [4.78, 5) is 22.6. The summed E-state index contributed by atoms with van der Waals surface area (Å²) in [6.07, 6.45) is 4.15. The number of aromatic nitrogens is 1. The van der Waals surface area contributed by atoms with E-state index in [1.807, 2.05) is 17.9 Å². The summed E-state index contributed by atoms with van der Waals surface area (Å²) in [5, 5.41) is 0. The molecule has 0 saturated heterocycles. The summed E-state index contributed by atoms with van der Waals surface area (Å²) >= 11 is 0. The van der Waals surface area contributed by atoms with Crippen LogP contribution in [-0.4, -0.2) is 35.4 Å². The van der Waals surface area contributed by atoms with Gasteiger partial charge in [-0.1, -0.05) is 44.2 Å². The lowest BCUT2D eigenvalue weighted by molar-refractivity contribution is -0.123. The van der Waals surface area contributed by atoms with Crippen LogP contribution in [0.4, 0.5) is 5.69 Å². The number of pyridine rings is 1. The second-order valence-electron chi connectivity index (χ2n) is 9.53. The van der Waals surface area contributed by atoms with E-state index in [9.17, 15) is 4.79 Å². The molecule has 0 spiro atoms. The zero-order valence-electron chi connectivity index (χ0n) is 18.2. The average molecular weight is 392 g/mol. The minimum absolute atomic E-state index is 0.0792. The highest BCUT2D eigenvalue weighted by Crippen LogP contribution is 2.41. The topological polar surface area (TPSA) is 36.4 Å². The second-order valence-corrected chi connectivity index (χ2v) is 9.53. The Morgan fingerprint density at radius 1 is 1.10 bits per heavy atom. The minimum atomic E-state index is -0.0792. The summed E-state index contributed by atoms with van der Waals surface area (Å²) in [5.74, 6) is 0.436. The standard InChI is InChI=1S/C25H33N3O/c1-18-10-15-22-23(26-18)25(2,3)17-28(22)24(29)20-11-13-21(14-12-20)27(4)16-19-8-6-5-7-9-19/h5-10,15,20-21H,11-14,16-17H2,1-4H3/t20-,21-. The molecule has 0 unspecified atom stereocenters. The molecule has 1 aromatic carbocycles. The fraction of sp³-hybridized carbons (Fsp3) is 0.520. The number of hydrogen-bond donors (Lipinski definition) is 0. The number of rotatable bonds is 4. The third-order valence-corrected chi connectivity index (χ3v) is 6.71. The Bertz CT molecular complexity index is 869. The lowest BCUT2D eigenvalue weighted by Crippen LogP contribution is -2.42. The van der Waals surface area contributed by atoms with Gasteiger partial charge in [0, 0.05) is 36.2 Å². The number of amides is 1. The van der Waals surface area contributed by atoms with Crippen LogP contribution in [0.1, 0.15) is 56.5 Å². The lowest BCUT2D eigenvalue weighted by Gasteiger charge is -2.35. The highest BCUT2D eigenvalue weighted by molar-refractivity contribution is 5.97. The summed E-state index contributed by atoms with van der Waals surface area (Å²) in [6.45, 7) is 8.13. The van der Waals surface area contributed by atoms with Crippen LogP contribution < -0.4 is 4.90 Å². The molecule has 0 bridgehead atoms. The highest BCUT2D eigenvalue weighted by Gasteiger charge is 2.42. The van der Waals surface area contributed by atoms with E-state index >= 15 is 0 Å². The maximum absolute atomic E-state index is 13.4. The Kier molecular flexibility index (Phi) is 5.48. The first-order valence-corrected chi connectivity index (χ1v) is 10.9. The molecule has 1 aliphatic heterocycles. The van der Waals surface area contributed by atoms with Crippen molar-refractivity contribution >= 4 is 11.6 Å². The first kappa shape index (κ1) is 20.1. The van der Waals surface area contributed by atoms with Gasteiger partial charge >= 0.3 is 0 Å². The van der Waals surface area contributed by atoms with Crippen LogP contribution in [0.3, 0.4) is 0 Å². The number of hydrogen-bond acceptors (Lipinski definition) is 3. The molecule has 0 atom stereocenters. The van der Waals surface area contributed by atoms with Gasteiger partial charge in [-0.25, -0.2) is 0 Å². The molecule has 4 nitrogen and oxygen atoms in total. The number of anilines is 1. The number of nitrogens with zero attached hydrogens (tertiary/aromatic N) is 3. The minimum Gasteiger partial charge on any atom is -0.309 e. The van der Waals surface area contributed by atoms with Gasteiger partial charge < -0.3 is 4.90 Å². The van der Waals surface area contributed by atoms with E-state index < -0.39 is 0 Å². The highest BCUT2D eigenvalue weighted by atomic mass is 16.2. The normalized spacial score (nSPS) is 23.3. The van der Waals surface area contributed by atoms with Gasteiger partial charge in [-0.15, -0.1) is 0 Å². The second kappa shape index (κ2) is 7.91. The number of carbonyl (C=O) groups is 1. The first-order valence-electron chi connectivity index (χ1n) is 10.9. The Morgan fingerprint density at radius 3 is 2.48 bits per heavy atom. The van der Waals surface area contributed by atoms with Crippen molar-refractivity contribution in [3.05, 3.63) is 59.4 Å². The zero-order valence-corrected chi connectivity index (χ0v) is 18.2. The largest absolute Gasteiger partial charge is 0.309 e. The van der Waals surface area contributed by atoms with Crippen molar-refractivity contribution in [3.63, 3.8) is 0 Å². The Hall–Kier alpha value is -2.20. The van der Waals surface area contributed by atoms with E-state index in [0.29, 0.717) is 11.9 Å². The molecule has 1 fully saturated rings. The van der Waals surface area contributed by atoms with E-state index in [1.54, 1.807) is 0 Å². The quantitative estimate of drug-likeness (QED) is 0.758. The fourth-order valence-corrected chi connectivity index (χ4v) is 5.00. The average Bonchev–Trinajstić information content (AvgIpc) is 2.98. The molecule has 4 rings (SSSR count). The number of fused-ring (bicyclic) bond motifs is 1. The Morgan fingerprint density at radius 2 is 1.79 bits per heavy atom. The molecular weight excluding hydrogens is 358 g/mol. The molecule has 1 aromatic heterocycles. The van der Waals surface area contributed by atoms with Crippen LogP contribution in [0.2, 0.25) is 0 Å². The van der Waals surface area contributed by atoms with E-state index in [4.69, 9.17) is 4.98 Å². The molecule has 2 aliphatic rings. The van der Waals surface area contributed by atoms with Crippen LogP contribution >= 0.6 is 0 Å². The molecular formula is C25H33N3O. The third kappa shape index (κ3) is 4.09. The lowest BCUT2D eigenvalue weighted by atomic mass is 9.84. The van der Waals surface area contributed by atoms with Gasteiger partial charge in [-0.2, -0.15) is 0 Å². The number of benzene rings is 1. The molecule has 2 aromatic rings. The smallest absolute Gasteiger partial charge is 0.230 e. The number of carbonyl (C=O) groups excluding carboxylic acids is 1. The molecule has 154 valence electrons. The predicted molar refractivity (Wildman–Crippen MR) is 118 cm³/mol. The van der Waals surface area contributed by atoms with Gasteiger partial charge in [0.05, 0.1) is 11.4 Å². The van der Waals surface area contributed by atoms with Gasteiger partial charge in [-0.3, -0.25) is 14.7 Å². The molecule has 0 N–H and O–H groups in total. The monoisotopic (exact) mass is 391 g/mol. The molecule has 1 saturated carbocycles. The van der Waals surface area contributed by atoms with Crippen molar-refractivity contribution in [1.82, 2.24) is 9.88 Å². The van der Waals surface area contributed by atoms with Crippen molar-refractivity contribution in [2.24, 2.45) is 5.92 Å². The Labute approximate surface area is 174 Å². The summed E-state index contributed by atoms with van der Waals surface area (Å²) < 4.78 is 0. The van der Waals surface area contributed by atoms with Crippen molar-refractivity contribution < 1.29 is 4.79 Å².